The van der Waals surface area contributed by atoms with Crippen LogP contribution in [0.4, 0.5) is 0 Å². The minimum absolute atomic E-state index is 0.0363. The zero-order valence-corrected chi connectivity index (χ0v) is 17.8. The maximum absolute atomic E-state index is 12.8. The second-order valence-corrected chi connectivity index (χ2v) is 8.96. The van der Waals surface area contributed by atoms with Gasteiger partial charge in [0.25, 0.3) is 0 Å². The number of halogens is 1. The smallest absolute Gasteiger partial charge is 0.241 e. The van der Waals surface area contributed by atoms with Crippen LogP contribution >= 0.6 is 11.6 Å². The van der Waals surface area contributed by atoms with Crippen LogP contribution < -0.4 is 19.5 Å². The molecule has 0 saturated carbocycles. The molecule has 0 unspecified atom stereocenters. The van der Waals surface area contributed by atoms with Crippen LogP contribution in [-0.4, -0.2) is 21.1 Å². The van der Waals surface area contributed by atoms with Crippen molar-refractivity contribution in [2.24, 2.45) is 0 Å². The molecular formula is C21H19ClN2O6S. The molecule has 1 atom stereocenters. The second-order valence-electron chi connectivity index (χ2n) is 6.81. The molecule has 0 aliphatic carbocycles. The van der Waals surface area contributed by atoms with Crippen LogP contribution in [0, 0.1) is 0 Å². The number of hydrogen-bond donors (Lipinski definition) is 2. The van der Waals surface area contributed by atoms with Crippen LogP contribution in [0.1, 0.15) is 23.8 Å². The van der Waals surface area contributed by atoms with Gasteiger partial charge in [0.1, 0.15) is 5.76 Å². The predicted octanol–water partition coefficient (Wildman–Crippen LogP) is 3.39. The normalized spacial score (nSPS) is 13.7. The highest BCUT2D eigenvalue weighted by Gasteiger charge is 2.25. The van der Waals surface area contributed by atoms with Crippen LogP contribution in [-0.2, 0) is 21.4 Å². The summed E-state index contributed by atoms with van der Waals surface area (Å²) in [6.07, 6.45) is 1.27. The highest BCUT2D eigenvalue weighted by Crippen LogP contribution is 2.32. The molecule has 1 aromatic heterocycles. The monoisotopic (exact) mass is 462 g/mol. The number of furan rings is 1. The summed E-state index contributed by atoms with van der Waals surface area (Å²) in [5.74, 6) is 1.26. The van der Waals surface area contributed by atoms with E-state index in [0.717, 1.165) is 5.56 Å². The molecule has 1 aliphatic rings. The number of sulfonamides is 1. The van der Waals surface area contributed by atoms with E-state index in [2.05, 4.69) is 10.0 Å². The highest BCUT2D eigenvalue weighted by atomic mass is 35.5. The maximum Gasteiger partial charge on any atom is 0.241 e. The first-order valence-electron chi connectivity index (χ1n) is 9.37. The van der Waals surface area contributed by atoms with Gasteiger partial charge in [-0.25, -0.2) is 8.42 Å². The molecule has 8 nitrogen and oxygen atoms in total. The molecule has 31 heavy (non-hydrogen) atoms. The zero-order chi connectivity index (χ0) is 21.8. The van der Waals surface area contributed by atoms with Crippen molar-refractivity contribution in [2.75, 3.05) is 6.79 Å². The number of benzene rings is 2. The molecule has 2 aromatic carbocycles. The molecule has 1 amide bonds. The maximum atomic E-state index is 12.8. The fourth-order valence-corrected chi connectivity index (χ4v) is 4.40. The Balaban J connectivity index is 1.43. The molecule has 0 radical (unpaired) electrons. The average molecular weight is 463 g/mol. The molecule has 3 aromatic rings. The van der Waals surface area contributed by atoms with E-state index in [4.69, 9.17) is 25.5 Å². The van der Waals surface area contributed by atoms with Gasteiger partial charge in [0, 0.05) is 11.6 Å². The van der Waals surface area contributed by atoms with Crippen molar-refractivity contribution in [1.82, 2.24) is 10.0 Å². The lowest BCUT2D eigenvalue weighted by atomic mass is 10.1. The number of carbonyl (C=O) groups is 1. The lowest BCUT2D eigenvalue weighted by Gasteiger charge is -2.17. The Kier molecular flexibility index (Phi) is 6.17. The Hall–Kier alpha value is -3.01. The quantitative estimate of drug-likeness (QED) is 0.531. The molecular weight excluding hydrogens is 444 g/mol. The largest absolute Gasteiger partial charge is 0.468 e. The summed E-state index contributed by atoms with van der Waals surface area (Å²) < 4.78 is 44.0. The van der Waals surface area contributed by atoms with Gasteiger partial charge < -0.3 is 19.2 Å². The first kappa shape index (κ1) is 21.2. The fourth-order valence-electron chi connectivity index (χ4n) is 3.07. The van der Waals surface area contributed by atoms with Crippen molar-refractivity contribution in [3.63, 3.8) is 0 Å². The molecule has 2 heterocycles. The average Bonchev–Trinajstić information content (AvgIpc) is 3.43. The van der Waals surface area contributed by atoms with Crippen molar-refractivity contribution >= 4 is 27.5 Å². The number of nitrogens with one attached hydrogen (secondary N) is 2. The number of rotatable bonds is 8. The summed E-state index contributed by atoms with van der Waals surface area (Å²) in [5, 5.41) is 3.21. The third kappa shape index (κ3) is 5.19. The summed E-state index contributed by atoms with van der Waals surface area (Å²) in [5.41, 5.74) is 0.828. The Morgan fingerprint density at radius 2 is 1.84 bits per heavy atom. The lowest BCUT2D eigenvalue weighted by Crippen LogP contribution is -2.33. The van der Waals surface area contributed by atoms with Crippen LogP contribution in [0.15, 0.2) is 70.2 Å². The second kappa shape index (κ2) is 9.01. The van der Waals surface area contributed by atoms with Gasteiger partial charge in [-0.05, 0) is 54.1 Å². The van der Waals surface area contributed by atoms with E-state index in [9.17, 15) is 13.2 Å². The molecule has 4 rings (SSSR count). The van der Waals surface area contributed by atoms with Gasteiger partial charge in [0.05, 0.1) is 23.6 Å². The third-order valence-corrected chi connectivity index (χ3v) is 6.36. The standard InChI is InChI=1S/C21H19ClN2O6S/c22-15-4-6-16(7-5-15)31(26,27)24-17(18-2-1-9-28-18)11-21(25)23-12-14-3-8-19-20(10-14)30-13-29-19/h1-10,17,24H,11-13H2,(H,23,25)/t17-/m1/s1. The number of hydrogen-bond acceptors (Lipinski definition) is 6. The van der Waals surface area contributed by atoms with Crippen molar-refractivity contribution in [3.05, 3.63) is 77.2 Å². The third-order valence-electron chi connectivity index (χ3n) is 4.62. The van der Waals surface area contributed by atoms with Gasteiger partial charge in [-0.15, -0.1) is 0 Å². The van der Waals surface area contributed by atoms with E-state index >= 15 is 0 Å². The van der Waals surface area contributed by atoms with Crippen LogP contribution in [0.2, 0.25) is 5.02 Å². The van der Waals surface area contributed by atoms with Gasteiger partial charge in [-0.2, -0.15) is 4.72 Å². The van der Waals surface area contributed by atoms with E-state index in [1.54, 1.807) is 24.3 Å². The molecule has 0 saturated heterocycles. The van der Waals surface area contributed by atoms with Gasteiger partial charge in [-0.1, -0.05) is 17.7 Å². The molecule has 0 spiro atoms. The van der Waals surface area contributed by atoms with Crippen LogP contribution in [0.3, 0.4) is 0 Å². The Morgan fingerprint density at radius 3 is 2.58 bits per heavy atom. The topological polar surface area (TPSA) is 107 Å². The summed E-state index contributed by atoms with van der Waals surface area (Å²) in [6.45, 7) is 0.425. The van der Waals surface area contributed by atoms with Crippen molar-refractivity contribution in [3.8, 4) is 11.5 Å². The van der Waals surface area contributed by atoms with Gasteiger partial charge in [0.15, 0.2) is 11.5 Å². The minimum atomic E-state index is -3.90. The Labute approximate surface area is 184 Å². The molecule has 1 aliphatic heterocycles. The van der Waals surface area contributed by atoms with Gasteiger partial charge >= 0.3 is 0 Å². The van der Waals surface area contributed by atoms with Crippen molar-refractivity contribution in [2.45, 2.75) is 23.9 Å². The van der Waals surface area contributed by atoms with E-state index in [1.165, 1.54) is 30.5 Å². The van der Waals surface area contributed by atoms with Crippen molar-refractivity contribution in [1.29, 1.82) is 0 Å². The molecule has 0 fully saturated rings. The summed E-state index contributed by atoms with van der Waals surface area (Å²) in [6, 6.07) is 13.5. The molecule has 2 N–H and O–H groups in total. The van der Waals surface area contributed by atoms with E-state index in [0.29, 0.717) is 22.3 Å². The first-order chi connectivity index (χ1) is 14.9. The van der Waals surface area contributed by atoms with Crippen LogP contribution in [0.25, 0.3) is 0 Å². The van der Waals surface area contributed by atoms with E-state index in [1.807, 2.05) is 6.07 Å². The summed E-state index contributed by atoms with van der Waals surface area (Å²) >= 11 is 5.84. The summed E-state index contributed by atoms with van der Waals surface area (Å²) in [7, 11) is -3.90. The van der Waals surface area contributed by atoms with Crippen molar-refractivity contribution < 1.29 is 27.1 Å². The van der Waals surface area contributed by atoms with E-state index < -0.39 is 16.1 Å². The van der Waals surface area contributed by atoms with Gasteiger partial charge in [-0.3, -0.25) is 4.79 Å². The molecule has 162 valence electrons. The van der Waals surface area contributed by atoms with Gasteiger partial charge in [0.2, 0.25) is 22.7 Å². The number of carbonyl (C=O) groups excluding carboxylic acids is 1. The first-order valence-corrected chi connectivity index (χ1v) is 11.2. The SMILES string of the molecule is O=C(C[C@@H](NS(=O)(=O)c1ccc(Cl)cc1)c1ccco1)NCc1ccc2c(c1)OCO2. The number of amides is 1. The summed E-state index contributed by atoms with van der Waals surface area (Å²) in [4.78, 5) is 12.6. The molecule has 0 bridgehead atoms. The fraction of sp³-hybridized carbons (Fsp3) is 0.190. The van der Waals surface area contributed by atoms with Crippen LogP contribution in [0.5, 0.6) is 11.5 Å². The number of ether oxygens (including phenoxy) is 2. The Bertz CT molecular complexity index is 1160. The zero-order valence-electron chi connectivity index (χ0n) is 16.2. The predicted molar refractivity (Wildman–Crippen MR) is 112 cm³/mol. The number of fused-ring (bicyclic) bond motifs is 1. The lowest BCUT2D eigenvalue weighted by molar-refractivity contribution is -0.121. The van der Waals surface area contributed by atoms with E-state index in [-0.39, 0.29) is 30.6 Å². The highest BCUT2D eigenvalue weighted by molar-refractivity contribution is 7.89. The Morgan fingerprint density at radius 1 is 1.06 bits per heavy atom. The minimum Gasteiger partial charge on any atom is -0.468 e. The molecule has 10 heteroatoms.